The van der Waals surface area contributed by atoms with Gasteiger partial charge >= 0.3 is 0 Å². The van der Waals surface area contributed by atoms with E-state index in [2.05, 4.69) is 52.8 Å². The maximum Gasteiger partial charge on any atom is 0.267 e. The minimum absolute atomic E-state index is 0.0419. The molecule has 1 aliphatic rings. The van der Waals surface area contributed by atoms with Crippen LogP contribution in [0.2, 0.25) is 0 Å². The molecular weight excluding hydrogens is 1010 g/mol. The second-order valence-electron chi connectivity index (χ2n) is 20.2. The zero-order valence-electron chi connectivity index (χ0n) is 46.9. The number of nitrogens with one attached hydrogen (secondary N) is 10. The van der Waals surface area contributed by atoms with Crippen LogP contribution >= 0.6 is 0 Å². The fourth-order valence-electron chi connectivity index (χ4n) is 9.04. The number of allylic oxidation sites excluding steroid dienone is 1. The number of aromatic nitrogens is 1. The van der Waals surface area contributed by atoms with Gasteiger partial charge in [0.15, 0.2) is 0 Å². The first-order chi connectivity index (χ1) is 37.6. The van der Waals surface area contributed by atoms with Gasteiger partial charge in [-0.3, -0.25) is 47.9 Å². The number of likely N-dealkylation sites (tertiary alicyclic amines) is 1. The molecule has 0 spiro atoms. The molecule has 0 aliphatic carbocycles. The smallest absolute Gasteiger partial charge is 0.267 e. The molecule has 1 aliphatic heterocycles. The van der Waals surface area contributed by atoms with E-state index in [0.29, 0.717) is 19.3 Å². The molecule has 3 aromatic carbocycles. The second kappa shape index (κ2) is 31.1. The quantitative estimate of drug-likeness (QED) is 0.0457. The van der Waals surface area contributed by atoms with Gasteiger partial charge in [-0.1, -0.05) is 113 Å². The summed E-state index contributed by atoms with van der Waals surface area (Å²) in [6.45, 7) is 13.6. The van der Waals surface area contributed by atoms with Crippen LogP contribution in [-0.2, 0) is 67.2 Å². The Morgan fingerprint density at radius 1 is 0.608 bits per heavy atom. The van der Waals surface area contributed by atoms with E-state index in [1.807, 2.05) is 98.8 Å². The molecule has 79 heavy (non-hydrogen) atoms. The van der Waals surface area contributed by atoms with Crippen LogP contribution in [0, 0.1) is 11.8 Å². The Labute approximate surface area is 462 Å². The highest BCUT2D eigenvalue weighted by Crippen LogP contribution is 2.23. The number of amides is 10. The second-order valence-corrected chi connectivity index (χ2v) is 20.2. The summed E-state index contributed by atoms with van der Waals surface area (Å²) in [5.41, 5.74) is 3.43. The van der Waals surface area contributed by atoms with Gasteiger partial charge in [0, 0.05) is 70.8 Å². The van der Waals surface area contributed by atoms with Crippen molar-refractivity contribution in [1.29, 1.82) is 0 Å². The van der Waals surface area contributed by atoms with Crippen molar-refractivity contribution in [2.45, 2.75) is 136 Å². The van der Waals surface area contributed by atoms with E-state index in [9.17, 15) is 47.9 Å². The molecule has 21 heteroatoms. The zero-order chi connectivity index (χ0) is 58.3. The van der Waals surface area contributed by atoms with Gasteiger partial charge in [-0.15, -0.1) is 0 Å². The number of likely N-dealkylation sites (N-methyl/N-ethyl adjacent to an activating group) is 2. The number of carbonyl (C=O) groups excluding carboxylic acids is 10. The summed E-state index contributed by atoms with van der Waals surface area (Å²) in [6, 6.07) is 19.8. The molecule has 1 fully saturated rings. The predicted molar refractivity (Wildman–Crippen MR) is 300 cm³/mol. The van der Waals surface area contributed by atoms with E-state index in [1.54, 1.807) is 33.9 Å². The Hall–Kier alpha value is -8.36. The number of fused-ring (bicyclic) bond motifs is 1. The number of H-pyrrole nitrogens is 1. The van der Waals surface area contributed by atoms with Crippen LogP contribution in [0.25, 0.3) is 10.9 Å². The van der Waals surface area contributed by atoms with Crippen molar-refractivity contribution in [2.24, 2.45) is 11.8 Å². The average Bonchev–Trinajstić information content (AvgIpc) is 4.11. The van der Waals surface area contributed by atoms with Crippen LogP contribution in [0.1, 0.15) is 91.3 Å². The summed E-state index contributed by atoms with van der Waals surface area (Å²) < 4.78 is 0. The standard InChI is InChI=1S/C37H47N7O6.C21H32N4O4/c1-6-27(33(46)38-5)41-34(47)29(19-24-13-8-7-9-14-24)42-36(49)31-17-12-18-44(31)37(50)32(22(2)3)43-35(48)30(40-23(4)45)20-25-21-39-28-16-11-10-15-26(25)28;1-13(2)11-17(24-15(4)26)21(29)25-18(12-16-9-7-6-8-10-16)20(28)23-14(3)19(27)22-5/h6-11,13-16,21-22,29-32,39H,12,17-20H2,1-5H3,(H,38,46)(H,40,45)(H,41,47)(H,42,49)(H,43,48);6-10,13-14,17-18H,11-12H2,1-5H3,(H,22,27)(H,23,28)(H,24,26)(H,25,29)/b27-6-;. The van der Waals surface area contributed by atoms with Crippen LogP contribution in [0.5, 0.6) is 0 Å². The molecule has 10 N–H and O–H groups in total. The Morgan fingerprint density at radius 2 is 1.14 bits per heavy atom. The predicted octanol–water partition coefficient (Wildman–Crippen LogP) is 2.36. The Morgan fingerprint density at radius 3 is 1.68 bits per heavy atom. The molecule has 5 rings (SSSR count). The van der Waals surface area contributed by atoms with Gasteiger partial charge in [0.25, 0.3) is 5.91 Å². The molecule has 4 aromatic rings. The lowest BCUT2D eigenvalue weighted by Crippen LogP contribution is -2.59. The number of nitrogens with zero attached hydrogens (tertiary/aromatic N) is 1. The Kier molecular flexibility index (Phi) is 24.9. The third-order valence-corrected chi connectivity index (χ3v) is 13.1. The summed E-state index contributed by atoms with van der Waals surface area (Å²) in [5.74, 6) is -4.65. The molecule has 426 valence electrons. The lowest BCUT2D eigenvalue weighted by molar-refractivity contribution is -0.143. The van der Waals surface area contributed by atoms with Crippen molar-refractivity contribution in [2.75, 3.05) is 20.6 Å². The minimum Gasteiger partial charge on any atom is -0.361 e. The Balaban J connectivity index is 0.000000395. The molecule has 0 radical (unpaired) electrons. The van der Waals surface area contributed by atoms with Gasteiger partial charge < -0.3 is 57.7 Å². The van der Waals surface area contributed by atoms with Crippen molar-refractivity contribution in [1.82, 2.24) is 57.7 Å². The van der Waals surface area contributed by atoms with Crippen molar-refractivity contribution in [3.8, 4) is 0 Å². The van der Waals surface area contributed by atoms with E-state index < -0.39 is 83.6 Å². The maximum absolute atomic E-state index is 14.1. The lowest BCUT2D eigenvalue weighted by atomic mass is 9.99. The van der Waals surface area contributed by atoms with Gasteiger partial charge in [-0.05, 0) is 67.7 Å². The molecule has 1 aromatic heterocycles. The van der Waals surface area contributed by atoms with Crippen LogP contribution in [0.3, 0.4) is 0 Å². The molecular formula is C58H79N11O10. The molecule has 0 saturated carbocycles. The fourth-order valence-corrected chi connectivity index (χ4v) is 9.04. The van der Waals surface area contributed by atoms with Crippen LogP contribution in [0.4, 0.5) is 0 Å². The molecule has 2 heterocycles. The first-order valence-corrected chi connectivity index (χ1v) is 26.7. The number of aromatic amines is 1. The third-order valence-electron chi connectivity index (χ3n) is 13.1. The number of rotatable bonds is 24. The van der Waals surface area contributed by atoms with Crippen molar-refractivity contribution in [3.63, 3.8) is 0 Å². The molecule has 1 saturated heterocycles. The minimum atomic E-state index is -1.05. The number of para-hydroxylation sites is 1. The SMILES string of the molecule is C/C=C(\NC(=O)C(Cc1ccccc1)NC(=O)C1CCCN1C(=O)C(NC(=O)C(Cc1c[nH]c2ccccc12)NC(C)=O)C(C)C)C(=O)NC.CNC(=O)C(C)NC(=O)C(Cc1ccccc1)NC(=O)C(CC(C)C)NC(C)=O. The monoisotopic (exact) mass is 1090 g/mol. The summed E-state index contributed by atoms with van der Waals surface area (Å²) >= 11 is 0. The van der Waals surface area contributed by atoms with Gasteiger partial charge in [-0.25, -0.2) is 0 Å². The molecule has 10 amide bonds. The van der Waals surface area contributed by atoms with Gasteiger partial charge in [0.2, 0.25) is 53.2 Å². The van der Waals surface area contributed by atoms with Crippen LogP contribution in [-0.4, -0.2) is 132 Å². The molecule has 0 bridgehead atoms. The van der Waals surface area contributed by atoms with Crippen molar-refractivity contribution in [3.05, 3.63) is 120 Å². The third kappa shape index (κ3) is 19.6. The molecule has 7 unspecified atom stereocenters. The average molecular weight is 1090 g/mol. The fraction of sp³-hybridized carbons (Fsp3) is 0.448. The van der Waals surface area contributed by atoms with E-state index >= 15 is 0 Å². The van der Waals surface area contributed by atoms with Gasteiger partial charge in [0.05, 0.1) is 0 Å². The Bertz CT molecular complexity index is 2780. The molecule has 21 nitrogen and oxygen atoms in total. The number of hydrogen-bond donors (Lipinski definition) is 10. The molecule has 7 atom stereocenters. The largest absolute Gasteiger partial charge is 0.361 e. The van der Waals surface area contributed by atoms with E-state index in [4.69, 9.17) is 0 Å². The summed E-state index contributed by atoms with van der Waals surface area (Å²) in [4.78, 5) is 133. The topological polar surface area (TPSA) is 298 Å². The van der Waals surface area contributed by atoms with Crippen LogP contribution in [0.15, 0.2) is 103 Å². The lowest BCUT2D eigenvalue weighted by Gasteiger charge is -2.32. The van der Waals surface area contributed by atoms with Crippen LogP contribution < -0.4 is 47.9 Å². The van der Waals surface area contributed by atoms with E-state index in [1.165, 1.54) is 38.9 Å². The van der Waals surface area contributed by atoms with Gasteiger partial charge in [0.1, 0.15) is 48.0 Å². The van der Waals surface area contributed by atoms with Crippen molar-refractivity contribution >= 4 is 70.0 Å². The number of carbonyl (C=O) groups is 10. The highest BCUT2D eigenvalue weighted by atomic mass is 16.2. The summed E-state index contributed by atoms with van der Waals surface area (Å²) in [7, 11) is 2.93. The first-order valence-electron chi connectivity index (χ1n) is 26.7. The summed E-state index contributed by atoms with van der Waals surface area (Å²) in [5, 5.41) is 24.9. The summed E-state index contributed by atoms with van der Waals surface area (Å²) in [6.07, 6.45) is 5.23. The highest BCUT2D eigenvalue weighted by Gasteiger charge is 2.41. The number of benzene rings is 3. The van der Waals surface area contributed by atoms with Crippen molar-refractivity contribution < 1.29 is 47.9 Å². The highest BCUT2D eigenvalue weighted by molar-refractivity contribution is 6.00. The van der Waals surface area contributed by atoms with E-state index in [-0.39, 0.29) is 61.1 Å². The zero-order valence-corrected chi connectivity index (χ0v) is 46.9. The maximum atomic E-state index is 14.1. The number of hydrogen-bond acceptors (Lipinski definition) is 10. The van der Waals surface area contributed by atoms with E-state index in [0.717, 1.165) is 27.6 Å². The normalized spacial score (nSPS) is 15.4. The first kappa shape index (κ1) is 63.2. The van der Waals surface area contributed by atoms with Gasteiger partial charge in [-0.2, -0.15) is 0 Å².